The van der Waals surface area contributed by atoms with Gasteiger partial charge in [-0.25, -0.2) is 13.1 Å². The summed E-state index contributed by atoms with van der Waals surface area (Å²) in [7, 11) is -0.616. The molecule has 2 aromatic rings. The number of nitrogens with zero attached hydrogens (tertiary/aromatic N) is 1. The van der Waals surface area contributed by atoms with Crippen LogP contribution < -0.4 is 14.9 Å². The van der Waals surface area contributed by atoms with Crippen LogP contribution in [0.1, 0.15) is 0 Å². The second-order valence-corrected chi connectivity index (χ2v) is 26.3. The van der Waals surface area contributed by atoms with Gasteiger partial charge in [0.2, 0.25) is 10.0 Å². The van der Waals surface area contributed by atoms with E-state index in [1.165, 1.54) is 6.07 Å². The molecule has 21 fully saturated rings. The summed E-state index contributed by atoms with van der Waals surface area (Å²) in [5, 5.41) is 229. The van der Waals surface area contributed by atoms with Gasteiger partial charge in [0.15, 0.2) is 44.0 Å². The minimum Gasteiger partial charge on any atom is -0.394 e. The van der Waals surface area contributed by atoms with Gasteiger partial charge in [0.1, 0.15) is 171 Å². The van der Waals surface area contributed by atoms with Gasteiger partial charge in [-0.3, -0.25) is 0 Å². The van der Waals surface area contributed by atoms with E-state index in [9.17, 15) is 111 Å². The molecule has 21 saturated heterocycles. The molecule has 35 atom stereocenters. The van der Waals surface area contributed by atoms with Gasteiger partial charge in [-0.05, 0) is 12.1 Å². The first-order valence-electron chi connectivity index (χ1n) is 31.0. The van der Waals surface area contributed by atoms with Gasteiger partial charge in [0.05, 0.1) is 44.5 Å². The van der Waals surface area contributed by atoms with Gasteiger partial charge >= 0.3 is 0 Å². The van der Waals surface area contributed by atoms with Crippen molar-refractivity contribution >= 4 is 26.5 Å². The zero-order valence-corrected chi connectivity index (χ0v) is 52.2. The summed E-state index contributed by atoms with van der Waals surface area (Å²) in [5.74, 6) is 0. The molecule has 548 valence electrons. The van der Waals surface area contributed by atoms with Crippen LogP contribution in [0.25, 0.3) is 10.8 Å². The fourth-order valence-corrected chi connectivity index (χ4v) is 14.2. The Bertz CT molecular complexity index is 2910. The van der Waals surface area contributed by atoms with Gasteiger partial charge in [-0.2, -0.15) is 0 Å². The predicted molar refractivity (Wildman–Crippen MR) is 308 cm³/mol. The lowest BCUT2D eigenvalue weighted by atomic mass is 9.95. The highest BCUT2D eigenvalue weighted by molar-refractivity contribution is 7.89. The number of aliphatic hydroxyl groups excluding tert-OH is 20. The van der Waals surface area contributed by atoms with E-state index in [1.807, 2.05) is 11.0 Å². The Hall–Kier alpha value is -2.99. The van der Waals surface area contributed by atoms with Crippen molar-refractivity contribution in [3.05, 3.63) is 36.4 Å². The van der Waals surface area contributed by atoms with Crippen LogP contribution in [0.3, 0.4) is 0 Å². The molecule has 21 aliphatic heterocycles. The van der Waals surface area contributed by atoms with Crippen LogP contribution in [0.4, 0.5) is 5.69 Å². The second-order valence-electron chi connectivity index (χ2n) is 24.6. The first kappa shape index (κ1) is 75.7. The molecule has 0 saturated carbocycles. The summed E-state index contributed by atoms with van der Waals surface area (Å²) >= 11 is 0. The number of anilines is 1. The van der Waals surface area contributed by atoms with Crippen LogP contribution in [0, 0.1) is 0 Å². The largest absolute Gasteiger partial charge is 0.394 e. The smallest absolute Gasteiger partial charge is 0.241 e. The van der Waals surface area contributed by atoms with Crippen molar-refractivity contribution in [1.82, 2.24) is 10.0 Å². The predicted octanol–water partition coefficient (Wildman–Crippen LogP) is -13.4. The summed E-state index contributed by atoms with van der Waals surface area (Å²) in [6.45, 7) is -7.41. The van der Waals surface area contributed by atoms with E-state index in [2.05, 4.69) is 10.0 Å². The molecule has 40 heteroatoms. The highest BCUT2D eigenvalue weighted by Gasteiger charge is 2.60. The fraction of sp³-hybridized carbons (Fsp3) is 0.821. The number of nitrogens with one attached hydrogen (secondary N) is 2. The summed E-state index contributed by atoms with van der Waals surface area (Å²) in [6, 6.07) is 9.91. The van der Waals surface area contributed by atoms with E-state index < -0.39 is 271 Å². The molecule has 21 aliphatic rings. The Morgan fingerprint density at radius 3 is 0.854 bits per heavy atom. The van der Waals surface area contributed by atoms with E-state index in [0.717, 1.165) is 5.69 Å². The van der Waals surface area contributed by atoms with E-state index in [4.69, 9.17) is 66.3 Å². The topological polar surface area (TPSA) is 595 Å². The van der Waals surface area contributed by atoms with Gasteiger partial charge in [0, 0.05) is 50.2 Å². The number of rotatable bonds is 14. The number of hydrogen-bond acceptors (Lipinski definition) is 38. The zero-order valence-electron chi connectivity index (χ0n) is 51.4. The molecule has 96 heavy (non-hydrogen) atoms. The van der Waals surface area contributed by atoms with Crippen LogP contribution >= 0.6 is 0 Å². The van der Waals surface area contributed by atoms with Crippen molar-refractivity contribution < 1.29 is 177 Å². The van der Waals surface area contributed by atoms with E-state index in [0.29, 0.717) is 10.8 Å². The quantitative estimate of drug-likeness (QED) is 0.0781. The zero-order chi connectivity index (χ0) is 69.5. The molecule has 23 rings (SSSR count). The molecule has 35 unspecified atom stereocenters. The maximum Gasteiger partial charge on any atom is 0.241 e. The third kappa shape index (κ3) is 15.2. The summed E-state index contributed by atoms with van der Waals surface area (Å²) in [6.07, 6.45) is -71.4. The minimum absolute atomic E-state index is 0.0427. The summed E-state index contributed by atoms with van der Waals surface area (Å²) in [5.41, 5.74) is 0.747. The van der Waals surface area contributed by atoms with Crippen molar-refractivity contribution in [2.45, 2.75) is 220 Å². The number of aliphatic hydroxyl groups is 20. The van der Waals surface area contributed by atoms with Crippen LogP contribution in [-0.2, 0) is 76.3 Å². The van der Waals surface area contributed by atoms with E-state index in [1.54, 1.807) is 38.4 Å². The van der Waals surface area contributed by atoms with Gasteiger partial charge in [-0.1, -0.05) is 24.3 Å². The molecule has 22 N–H and O–H groups in total. The van der Waals surface area contributed by atoms with Crippen molar-refractivity contribution in [2.24, 2.45) is 0 Å². The van der Waals surface area contributed by atoms with Crippen molar-refractivity contribution in [1.29, 1.82) is 0 Å². The molecular formula is C56H87N3O36S. The lowest BCUT2D eigenvalue weighted by Crippen LogP contribution is -2.68. The lowest BCUT2D eigenvalue weighted by molar-refractivity contribution is -0.396. The highest BCUT2D eigenvalue weighted by atomic mass is 32.2. The molecule has 0 radical (unpaired) electrons. The Balaban J connectivity index is 0.925. The normalized spacial score (nSPS) is 46.9. The van der Waals surface area contributed by atoms with Gasteiger partial charge < -0.3 is 179 Å². The molecule has 21 heterocycles. The maximum atomic E-state index is 13.8. The maximum absolute atomic E-state index is 13.8. The van der Waals surface area contributed by atoms with Crippen molar-refractivity contribution in [3.63, 3.8) is 0 Å². The second kappa shape index (κ2) is 32.1. The lowest BCUT2D eigenvalue weighted by Gasteiger charge is -2.50. The van der Waals surface area contributed by atoms with E-state index >= 15 is 0 Å². The fourth-order valence-electron chi connectivity index (χ4n) is 12.9. The third-order valence-corrected chi connectivity index (χ3v) is 19.7. The van der Waals surface area contributed by atoms with E-state index in [-0.39, 0.29) is 18.0 Å². The number of fused-ring (bicyclic) bond motifs is 1. The Morgan fingerprint density at radius 1 is 0.333 bits per heavy atom. The van der Waals surface area contributed by atoms with Crippen LogP contribution in [0.2, 0.25) is 0 Å². The van der Waals surface area contributed by atoms with Gasteiger partial charge in [0.25, 0.3) is 0 Å². The molecule has 2 aromatic carbocycles. The van der Waals surface area contributed by atoms with Crippen LogP contribution in [0.15, 0.2) is 41.3 Å². The molecule has 0 amide bonds. The molecule has 0 aliphatic carbocycles. The molecule has 0 spiro atoms. The SMILES string of the molecule is CN(C)c1cccc2c(S(=O)(=O)NCCNCC3OC4OC5C(CO)OC(OC6C(CO)OC(OC7C(CO)OC(OC8C(CO)OC(OC9C(CO)OC(OC%10C(CO)OC(OC3C(O)C4O)C(O)C%10O)C(O)C9O)C(O)C8O)C(O)C7O)C(O)C6O)C(O)C5O)cccc12. The Morgan fingerprint density at radius 2 is 0.583 bits per heavy atom. The monoisotopic (exact) mass is 1410 g/mol. The first-order chi connectivity index (χ1) is 45.7. The average Bonchev–Trinajstić information content (AvgIpc) is 0.789. The average molecular weight is 1410 g/mol. The van der Waals surface area contributed by atoms with Crippen molar-refractivity contribution in [3.8, 4) is 0 Å². The number of hydrogen-bond donors (Lipinski definition) is 22. The van der Waals surface area contributed by atoms with Gasteiger partial charge in [-0.15, -0.1) is 0 Å². The minimum atomic E-state index is -4.21. The highest BCUT2D eigenvalue weighted by Crippen LogP contribution is 2.40. The van der Waals surface area contributed by atoms with Crippen molar-refractivity contribution in [2.75, 3.05) is 78.3 Å². The van der Waals surface area contributed by atoms with Crippen LogP contribution in [-0.4, -0.2) is 399 Å². The Kier molecular flexibility index (Phi) is 25.3. The Labute approximate surface area is 546 Å². The molecule has 39 nitrogen and oxygen atoms in total. The third-order valence-electron chi connectivity index (χ3n) is 18.2. The molecule has 14 bridgehead atoms. The standard InChI is InChI=1S/C56H87N3O36S/c1-59(2)20-7-3-6-19-18(20)5-4-8-28(19)96(80,81)58-10-9-57-11-21-43-29(66)36(73)50(82-21)90-44-22(12-60)84-52(38(75)31(44)68)92-46-24(14-62)86-54(40(77)33(46)70)94-48-26(16-64)88-56(42(79)35(48)72)95-49-27(17-65)87-55(41(78)34(49)71)93-47-25(15-63)85-53(39(76)32(47)69)91-45-23(13-61)83-51(89-43)37(74)30(45)67/h3-8,21-27,29-58,60-79H,9-17H2,1-2H3. The number of benzene rings is 2. The number of ether oxygens (including phenoxy) is 14. The molecular weight excluding hydrogens is 1320 g/mol. The molecule has 0 aromatic heterocycles. The number of sulfonamides is 1. The first-order valence-corrected chi connectivity index (χ1v) is 32.4. The summed E-state index contributed by atoms with van der Waals surface area (Å²) in [4.78, 5) is 1.77. The van der Waals surface area contributed by atoms with Crippen LogP contribution in [0.5, 0.6) is 0 Å². The summed E-state index contributed by atoms with van der Waals surface area (Å²) < 4.78 is 112.